The normalized spacial score (nSPS) is 11.3. The summed E-state index contributed by atoms with van der Waals surface area (Å²) in [5, 5.41) is 6.62. The summed E-state index contributed by atoms with van der Waals surface area (Å²) in [5.41, 5.74) is 6.37. The van der Waals surface area contributed by atoms with E-state index in [0.29, 0.717) is 20.7 Å². The molecule has 0 spiro atoms. The Hall–Kier alpha value is -1.83. The monoisotopic (exact) mass is 373 g/mol. The van der Waals surface area contributed by atoms with Crippen LogP contribution in [0.4, 0.5) is 5.13 Å². The molecule has 0 aliphatic carbocycles. The number of carbonyl (C=O) groups excluding carboxylic acids is 1. The molecule has 1 aromatic carbocycles. The third-order valence-corrected chi connectivity index (χ3v) is 4.04. The van der Waals surface area contributed by atoms with Crippen molar-refractivity contribution in [2.75, 3.05) is 12.3 Å². The molecule has 0 aliphatic rings. The summed E-state index contributed by atoms with van der Waals surface area (Å²) in [7, 11) is 0. The molecule has 1 heterocycles. The first-order valence-corrected chi connectivity index (χ1v) is 8.17. The molecule has 0 saturated carbocycles. The highest BCUT2D eigenvalue weighted by Crippen LogP contribution is 2.25. The second-order valence-electron chi connectivity index (χ2n) is 4.20. The predicted octanol–water partition coefficient (Wildman–Crippen LogP) is 3.52. The van der Waals surface area contributed by atoms with Gasteiger partial charge in [-0.2, -0.15) is 0 Å². The molecule has 0 amide bonds. The van der Waals surface area contributed by atoms with Gasteiger partial charge in [-0.25, -0.2) is 9.78 Å². The van der Waals surface area contributed by atoms with Gasteiger partial charge in [-0.1, -0.05) is 34.4 Å². The van der Waals surface area contributed by atoms with Crippen LogP contribution in [0, 0.1) is 0 Å². The number of ether oxygens (including phenoxy) is 1. The minimum Gasteiger partial charge on any atom is -0.461 e. The zero-order valence-electron chi connectivity index (χ0n) is 12.1. The highest BCUT2D eigenvalue weighted by Gasteiger charge is 2.19. The summed E-state index contributed by atoms with van der Waals surface area (Å²) < 4.78 is 4.94. The molecule has 0 saturated heterocycles. The fourth-order valence-corrected chi connectivity index (χ4v) is 2.67. The van der Waals surface area contributed by atoms with E-state index in [1.165, 1.54) is 11.3 Å². The van der Waals surface area contributed by atoms with Crippen LogP contribution in [0.2, 0.25) is 10.0 Å². The van der Waals surface area contributed by atoms with Crippen molar-refractivity contribution in [3.8, 4) is 0 Å². The van der Waals surface area contributed by atoms with Crippen LogP contribution in [0.15, 0.2) is 28.7 Å². The highest BCUT2D eigenvalue weighted by atomic mass is 35.5. The first-order valence-electron chi connectivity index (χ1n) is 6.54. The van der Waals surface area contributed by atoms with E-state index < -0.39 is 5.97 Å². The zero-order chi connectivity index (χ0) is 16.8. The Kier molecular flexibility index (Phi) is 6.20. The van der Waals surface area contributed by atoms with Gasteiger partial charge >= 0.3 is 5.97 Å². The van der Waals surface area contributed by atoms with Gasteiger partial charge in [-0.05, 0) is 19.1 Å². The average Bonchev–Trinajstić information content (AvgIpc) is 2.92. The lowest BCUT2D eigenvalue weighted by molar-refractivity contribution is -0.135. The van der Waals surface area contributed by atoms with Crippen LogP contribution in [0.5, 0.6) is 0 Å². The Labute approximate surface area is 146 Å². The second kappa shape index (κ2) is 8.14. The maximum atomic E-state index is 12.0. The van der Waals surface area contributed by atoms with Gasteiger partial charge < -0.3 is 15.3 Å². The van der Waals surface area contributed by atoms with E-state index in [0.717, 1.165) is 0 Å². The molecule has 23 heavy (non-hydrogen) atoms. The molecule has 0 fully saturated rings. The Balaban J connectivity index is 2.19. The van der Waals surface area contributed by atoms with Crippen LogP contribution in [-0.4, -0.2) is 23.3 Å². The maximum absolute atomic E-state index is 12.0. The van der Waals surface area contributed by atoms with Gasteiger partial charge in [0.2, 0.25) is 5.71 Å². The van der Waals surface area contributed by atoms with E-state index in [2.05, 4.69) is 10.1 Å². The lowest BCUT2D eigenvalue weighted by Gasteiger charge is -2.07. The zero-order valence-corrected chi connectivity index (χ0v) is 14.4. The van der Waals surface area contributed by atoms with E-state index in [4.69, 9.17) is 38.5 Å². The molecular formula is C14H13Cl2N3O3S. The van der Waals surface area contributed by atoms with E-state index in [1.54, 1.807) is 30.5 Å². The van der Waals surface area contributed by atoms with Gasteiger partial charge in [0.15, 0.2) is 5.13 Å². The van der Waals surface area contributed by atoms with Crippen LogP contribution in [-0.2, 0) is 21.0 Å². The van der Waals surface area contributed by atoms with E-state index in [-0.39, 0.29) is 24.6 Å². The second-order valence-corrected chi connectivity index (χ2v) is 5.91. The van der Waals surface area contributed by atoms with Gasteiger partial charge in [0.05, 0.1) is 6.61 Å². The van der Waals surface area contributed by atoms with Gasteiger partial charge in [-0.15, -0.1) is 11.3 Å². The van der Waals surface area contributed by atoms with Crippen molar-refractivity contribution in [1.29, 1.82) is 0 Å². The van der Waals surface area contributed by atoms with Crippen LogP contribution < -0.4 is 5.73 Å². The number of hydrogen-bond acceptors (Lipinski definition) is 7. The SMILES string of the molecule is CCOC(=O)/C(=N\OCc1c(Cl)cccc1Cl)c1csc(N)n1. The first kappa shape index (κ1) is 17.5. The summed E-state index contributed by atoms with van der Waals surface area (Å²) in [6.45, 7) is 1.89. The van der Waals surface area contributed by atoms with Gasteiger partial charge in [0.25, 0.3) is 0 Å². The average molecular weight is 374 g/mol. The molecule has 0 atom stereocenters. The number of nitrogens with two attached hydrogens (primary N) is 1. The Morgan fingerprint density at radius 3 is 2.65 bits per heavy atom. The maximum Gasteiger partial charge on any atom is 0.362 e. The summed E-state index contributed by atoms with van der Waals surface area (Å²) in [6, 6.07) is 5.09. The van der Waals surface area contributed by atoms with Crippen molar-refractivity contribution in [2.45, 2.75) is 13.5 Å². The molecule has 0 unspecified atom stereocenters. The van der Waals surface area contributed by atoms with Crippen molar-refractivity contribution in [3.63, 3.8) is 0 Å². The lowest BCUT2D eigenvalue weighted by Crippen LogP contribution is -2.19. The lowest BCUT2D eigenvalue weighted by atomic mass is 10.2. The number of aromatic nitrogens is 1. The van der Waals surface area contributed by atoms with Crippen LogP contribution in [0.25, 0.3) is 0 Å². The van der Waals surface area contributed by atoms with E-state index in [9.17, 15) is 4.79 Å². The molecule has 1 aromatic heterocycles. The van der Waals surface area contributed by atoms with Crippen molar-refractivity contribution < 1.29 is 14.4 Å². The van der Waals surface area contributed by atoms with Crippen LogP contribution >= 0.6 is 34.5 Å². The first-order chi connectivity index (χ1) is 11.0. The smallest absolute Gasteiger partial charge is 0.362 e. The molecule has 6 nitrogen and oxygen atoms in total. The van der Waals surface area contributed by atoms with Gasteiger partial charge in [0.1, 0.15) is 12.3 Å². The molecule has 9 heteroatoms. The summed E-state index contributed by atoms with van der Waals surface area (Å²) in [6.07, 6.45) is 0. The van der Waals surface area contributed by atoms with Crippen molar-refractivity contribution >= 4 is 51.4 Å². The fourth-order valence-electron chi connectivity index (χ4n) is 1.62. The van der Waals surface area contributed by atoms with Crippen molar-refractivity contribution in [1.82, 2.24) is 4.98 Å². The summed E-state index contributed by atoms with van der Waals surface area (Å²) >= 11 is 13.3. The number of benzene rings is 1. The molecule has 2 N–H and O–H groups in total. The number of nitrogens with zero attached hydrogens (tertiary/aromatic N) is 2. The molecule has 122 valence electrons. The fraction of sp³-hybridized carbons (Fsp3) is 0.214. The summed E-state index contributed by atoms with van der Waals surface area (Å²) in [5.74, 6) is -0.650. The number of esters is 1. The molecule has 0 aliphatic heterocycles. The molecule has 0 bridgehead atoms. The number of carbonyl (C=O) groups is 1. The molecular weight excluding hydrogens is 361 g/mol. The number of rotatable bonds is 6. The molecule has 2 rings (SSSR count). The van der Waals surface area contributed by atoms with E-state index >= 15 is 0 Å². The number of nitrogen functional groups attached to an aromatic ring is 1. The molecule has 0 radical (unpaired) electrons. The predicted molar refractivity (Wildman–Crippen MR) is 90.9 cm³/mol. The Morgan fingerprint density at radius 1 is 1.39 bits per heavy atom. The van der Waals surface area contributed by atoms with Gasteiger partial charge in [0, 0.05) is 21.0 Å². The third-order valence-electron chi connectivity index (χ3n) is 2.66. The number of halogens is 2. The van der Waals surface area contributed by atoms with E-state index in [1.807, 2.05) is 0 Å². The number of hydrogen-bond donors (Lipinski definition) is 1. The van der Waals surface area contributed by atoms with Gasteiger partial charge in [-0.3, -0.25) is 0 Å². The largest absolute Gasteiger partial charge is 0.461 e. The van der Waals surface area contributed by atoms with Crippen LogP contribution in [0.1, 0.15) is 18.2 Å². The van der Waals surface area contributed by atoms with Crippen LogP contribution in [0.3, 0.4) is 0 Å². The number of oxime groups is 1. The highest BCUT2D eigenvalue weighted by molar-refractivity contribution is 7.13. The number of anilines is 1. The Bertz CT molecular complexity index is 714. The third kappa shape index (κ3) is 4.57. The number of thiazole rings is 1. The minimum absolute atomic E-state index is 0.00102. The molecule has 2 aromatic rings. The standard InChI is InChI=1S/C14H13Cl2N3O3S/c1-2-21-13(20)12(11-7-23-14(17)18-11)19-22-6-8-9(15)4-3-5-10(8)16/h3-5,7H,2,6H2,1H3,(H2,17,18)/b19-12-. The Morgan fingerprint density at radius 2 is 2.09 bits per heavy atom. The topological polar surface area (TPSA) is 86.8 Å². The minimum atomic E-state index is -0.650. The van der Waals surface area contributed by atoms with Crippen molar-refractivity contribution in [2.24, 2.45) is 5.16 Å². The van der Waals surface area contributed by atoms with Crippen molar-refractivity contribution in [3.05, 3.63) is 44.9 Å². The quantitative estimate of drug-likeness (QED) is 0.475. The summed E-state index contributed by atoms with van der Waals surface area (Å²) in [4.78, 5) is 21.2.